The fraction of sp³-hybridized carbons (Fsp3) is 0.409. The lowest BCUT2D eigenvalue weighted by Crippen LogP contribution is -2.49. The van der Waals surface area contributed by atoms with Gasteiger partial charge in [0.1, 0.15) is 5.82 Å². The number of hydrogen-bond donors (Lipinski definition) is 3. The van der Waals surface area contributed by atoms with Crippen LogP contribution in [0.3, 0.4) is 0 Å². The van der Waals surface area contributed by atoms with Gasteiger partial charge in [-0.2, -0.15) is 0 Å². The van der Waals surface area contributed by atoms with Gasteiger partial charge in [0.25, 0.3) is 0 Å². The molecule has 1 aromatic carbocycles. The van der Waals surface area contributed by atoms with E-state index in [1.165, 1.54) is 0 Å². The molecule has 0 radical (unpaired) electrons. The van der Waals surface area contributed by atoms with Crippen LogP contribution in [0.4, 0.5) is 10.6 Å². The molecule has 3 rings (SSSR count). The minimum atomic E-state index is -0.426. The Bertz CT molecular complexity index is 908. The molecule has 1 aromatic heterocycles. The first kappa shape index (κ1) is 24.1. The highest BCUT2D eigenvalue weighted by Gasteiger charge is 2.22. The summed E-state index contributed by atoms with van der Waals surface area (Å²) < 4.78 is 0. The summed E-state index contributed by atoms with van der Waals surface area (Å²) >= 11 is 12.0. The molecule has 1 aliphatic heterocycles. The van der Waals surface area contributed by atoms with Crippen molar-refractivity contribution < 1.29 is 14.7 Å². The molecule has 1 unspecified atom stereocenters. The molecule has 8 nitrogen and oxygen atoms in total. The summed E-state index contributed by atoms with van der Waals surface area (Å²) in [4.78, 5) is 33.1. The topological polar surface area (TPSA) is 97.8 Å². The number of halogens is 2. The highest BCUT2D eigenvalue weighted by molar-refractivity contribution is 6.42. The predicted octanol–water partition coefficient (Wildman–Crippen LogP) is 2.85. The summed E-state index contributed by atoms with van der Waals surface area (Å²) in [5.41, 5.74) is 0.741. The van der Waals surface area contributed by atoms with Crippen LogP contribution in [0.15, 0.2) is 42.6 Å². The zero-order valence-corrected chi connectivity index (χ0v) is 19.1. The van der Waals surface area contributed by atoms with Gasteiger partial charge in [0.2, 0.25) is 5.91 Å². The highest BCUT2D eigenvalue weighted by Crippen LogP contribution is 2.26. The smallest absolute Gasteiger partial charge is 0.315 e. The van der Waals surface area contributed by atoms with E-state index in [-0.39, 0.29) is 25.5 Å². The van der Waals surface area contributed by atoms with E-state index in [0.717, 1.165) is 24.5 Å². The average Bonchev–Trinajstić information content (AvgIpc) is 2.81. The van der Waals surface area contributed by atoms with Gasteiger partial charge in [-0.05, 0) is 36.2 Å². The maximum absolute atomic E-state index is 12.5. The van der Waals surface area contributed by atoms with Crippen LogP contribution in [0.25, 0.3) is 0 Å². The van der Waals surface area contributed by atoms with Crippen molar-refractivity contribution in [2.75, 3.05) is 44.2 Å². The molecule has 1 aliphatic rings. The van der Waals surface area contributed by atoms with E-state index in [0.29, 0.717) is 29.6 Å². The lowest BCUT2D eigenvalue weighted by atomic mass is 10.0. The van der Waals surface area contributed by atoms with Crippen molar-refractivity contribution >= 4 is 41.0 Å². The van der Waals surface area contributed by atoms with Gasteiger partial charge in [0.05, 0.1) is 16.1 Å². The summed E-state index contributed by atoms with van der Waals surface area (Å²) in [6, 6.07) is 10.0. The Kier molecular flexibility index (Phi) is 8.96. The van der Waals surface area contributed by atoms with Crippen LogP contribution in [0, 0.1) is 0 Å². The fourth-order valence-electron chi connectivity index (χ4n) is 3.56. The minimum Gasteiger partial charge on any atom is -0.396 e. The summed E-state index contributed by atoms with van der Waals surface area (Å²) in [5, 5.41) is 15.6. The second-order valence-corrected chi connectivity index (χ2v) is 8.26. The van der Waals surface area contributed by atoms with Crippen LogP contribution in [-0.2, 0) is 4.79 Å². The van der Waals surface area contributed by atoms with E-state index in [9.17, 15) is 14.7 Å². The molecule has 0 bridgehead atoms. The Labute approximate surface area is 197 Å². The SMILES string of the molecule is O=C(NCCC(=O)N1CCN(c2ccccn2)CC1)NC(CCO)c1ccc(Cl)c(Cl)c1. The zero-order chi connectivity index (χ0) is 22.9. The normalized spacial score (nSPS) is 14.7. The number of carbonyl (C=O) groups excluding carboxylic acids is 2. The van der Waals surface area contributed by atoms with E-state index in [1.54, 1.807) is 24.4 Å². The van der Waals surface area contributed by atoms with E-state index < -0.39 is 12.1 Å². The van der Waals surface area contributed by atoms with Gasteiger partial charge in [0, 0.05) is 51.9 Å². The Morgan fingerprint density at radius 1 is 1.09 bits per heavy atom. The molecule has 2 aromatic rings. The van der Waals surface area contributed by atoms with Crippen LogP contribution < -0.4 is 15.5 Å². The van der Waals surface area contributed by atoms with Crippen LogP contribution in [0.1, 0.15) is 24.4 Å². The van der Waals surface area contributed by atoms with E-state index >= 15 is 0 Å². The van der Waals surface area contributed by atoms with Crippen molar-refractivity contribution in [1.29, 1.82) is 0 Å². The number of aromatic nitrogens is 1. The maximum atomic E-state index is 12.5. The van der Waals surface area contributed by atoms with Gasteiger partial charge < -0.3 is 25.5 Å². The van der Waals surface area contributed by atoms with Gasteiger partial charge >= 0.3 is 6.03 Å². The molecular formula is C22H27Cl2N5O3. The van der Waals surface area contributed by atoms with Gasteiger partial charge in [-0.3, -0.25) is 4.79 Å². The number of carbonyl (C=O) groups is 2. The summed E-state index contributed by atoms with van der Waals surface area (Å²) in [5.74, 6) is 0.916. The molecule has 0 saturated carbocycles. The molecule has 2 heterocycles. The van der Waals surface area contributed by atoms with Crippen molar-refractivity contribution in [1.82, 2.24) is 20.5 Å². The second kappa shape index (κ2) is 11.9. The van der Waals surface area contributed by atoms with E-state index in [2.05, 4.69) is 20.5 Å². The molecule has 10 heteroatoms. The Hall–Kier alpha value is -2.55. The molecule has 3 N–H and O–H groups in total. The number of nitrogens with zero attached hydrogens (tertiary/aromatic N) is 3. The molecule has 3 amide bonds. The summed E-state index contributed by atoms with van der Waals surface area (Å²) in [6.07, 6.45) is 2.30. The Morgan fingerprint density at radius 2 is 1.88 bits per heavy atom. The number of anilines is 1. The van der Waals surface area contributed by atoms with E-state index in [4.69, 9.17) is 23.2 Å². The summed E-state index contributed by atoms with van der Waals surface area (Å²) in [6.45, 7) is 2.81. The highest BCUT2D eigenvalue weighted by atomic mass is 35.5. The lowest BCUT2D eigenvalue weighted by Gasteiger charge is -2.35. The first-order chi connectivity index (χ1) is 15.5. The molecule has 1 atom stereocenters. The van der Waals surface area contributed by atoms with Gasteiger partial charge in [0.15, 0.2) is 0 Å². The summed E-state index contributed by atoms with van der Waals surface area (Å²) in [7, 11) is 0. The van der Waals surface area contributed by atoms with Crippen molar-refractivity contribution in [2.24, 2.45) is 0 Å². The molecule has 32 heavy (non-hydrogen) atoms. The van der Waals surface area contributed by atoms with Crippen molar-refractivity contribution in [3.8, 4) is 0 Å². The number of aliphatic hydroxyl groups excluding tert-OH is 1. The molecule has 0 spiro atoms. The Morgan fingerprint density at radius 3 is 2.53 bits per heavy atom. The quantitative estimate of drug-likeness (QED) is 0.540. The maximum Gasteiger partial charge on any atom is 0.315 e. The fourth-order valence-corrected chi connectivity index (χ4v) is 3.86. The molecule has 0 aliphatic carbocycles. The molecule has 172 valence electrons. The minimum absolute atomic E-state index is 0.00219. The first-order valence-corrected chi connectivity index (χ1v) is 11.3. The van der Waals surface area contributed by atoms with Gasteiger partial charge in [-0.15, -0.1) is 0 Å². The largest absolute Gasteiger partial charge is 0.396 e. The standard InChI is InChI=1S/C22H27Cl2N5O3/c23-17-5-4-16(15-18(17)24)19(7-14-30)27-22(32)26-9-6-21(31)29-12-10-28(11-13-29)20-3-1-2-8-25-20/h1-5,8,15,19,30H,6-7,9-14H2,(H2,26,27,32). The van der Waals surface area contributed by atoms with Crippen molar-refractivity contribution in [3.05, 3.63) is 58.2 Å². The number of amides is 3. The van der Waals surface area contributed by atoms with Crippen LogP contribution in [0.5, 0.6) is 0 Å². The van der Waals surface area contributed by atoms with Crippen LogP contribution in [-0.4, -0.2) is 66.3 Å². The predicted molar refractivity (Wildman–Crippen MR) is 125 cm³/mol. The molecule has 1 saturated heterocycles. The lowest BCUT2D eigenvalue weighted by molar-refractivity contribution is -0.131. The zero-order valence-electron chi connectivity index (χ0n) is 17.6. The number of hydrogen-bond acceptors (Lipinski definition) is 5. The van der Waals surface area contributed by atoms with Crippen molar-refractivity contribution in [3.63, 3.8) is 0 Å². The van der Waals surface area contributed by atoms with E-state index in [1.807, 2.05) is 23.1 Å². The monoisotopic (exact) mass is 479 g/mol. The first-order valence-electron chi connectivity index (χ1n) is 10.5. The number of urea groups is 1. The number of nitrogens with one attached hydrogen (secondary N) is 2. The Balaban J connectivity index is 1.41. The van der Waals surface area contributed by atoms with Crippen LogP contribution >= 0.6 is 23.2 Å². The van der Waals surface area contributed by atoms with Gasteiger partial charge in [-0.1, -0.05) is 35.3 Å². The molecule has 1 fully saturated rings. The molecular weight excluding hydrogens is 453 g/mol. The second-order valence-electron chi connectivity index (χ2n) is 7.44. The number of pyridine rings is 1. The number of benzene rings is 1. The third kappa shape index (κ3) is 6.72. The number of aliphatic hydroxyl groups is 1. The number of rotatable bonds is 8. The third-order valence-electron chi connectivity index (χ3n) is 5.30. The number of piperazine rings is 1. The average molecular weight is 480 g/mol. The van der Waals surface area contributed by atoms with Gasteiger partial charge in [-0.25, -0.2) is 9.78 Å². The third-order valence-corrected chi connectivity index (χ3v) is 6.04. The van der Waals surface area contributed by atoms with Crippen molar-refractivity contribution in [2.45, 2.75) is 18.9 Å². The van der Waals surface area contributed by atoms with Crippen LogP contribution in [0.2, 0.25) is 10.0 Å².